The van der Waals surface area contributed by atoms with Crippen LogP contribution in [0.4, 0.5) is 4.79 Å². The van der Waals surface area contributed by atoms with Gasteiger partial charge in [0.15, 0.2) is 0 Å². The van der Waals surface area contributed by atoms with Crippen molar-refractivity contribution in [2.24, 2.45) is 17.8 Å². The summed E-state index contributed by atoms with van der Waals surface area (Å²) < 4.78 is 5.37. The van der Waals surface area contributed by atoms with Crippen molar-refractivity contribution in [1.29, 1.82) is 0 Å². The van der Waals surface area contributed by atoms with Gasteiger partial charge in [-0.3, -0.25) is 4.79 Å². The van der Waals surface area contributed by atoms with Crippen LogP contribution in [-0.2, 0) is 16.1 Å². The van der Waals surface area contributed by atoms with Gasteiger partial charge in [0.25, 0.3) is 0 Å². The fourth-order valence-electron chi connectivity index (χ4n) is 3.80. The van der Waals surface area contributed by atoms with Gasteiger partial charge in [0, 0.05) is 13.1 Å². The van der Waals surface area contributed by atoms with Crippen molar-refractivity contribution in [2.75, 3.05) is 13.1 Å². The van der Waals surface area contributed by atoms with E-state index >= 15 is 0 Å². The number of nitrogens with zero attached hydrogens (tertiary/aromatic N) is 1. The monoisotopic (exact) mass is 303 g/mol. The van der Waals surface area contributed by atoms with Gasteiger partial charge in [0.2, 0.25) is 0 Å². The third-order valence-electron chi connectivity index (χ3n) is 4.82. The van der Waals surface area contributed by atoms with Gasteiger partial charge in [-0.2, -0.15) is 0 Å². The third kappa shape index (κ3) is 3.08. The standard InChI is InChI=1S/C17H21NO4/c19-16(20)15-13-7-4-8-14(15)10-18(9-13)17(21)22-11-12-5-2-1-3-6-12/h1-3,5-6,13-15H,4,7-11H2,(H,19,20)/t13-,14+,15?. The Morgan fingerprint density at radius 2 is 1.77 bits per heavy atom. The van der Waals surface area contributed by atoms with Crippen LogP contribution in [0.5, 0.6) is 0 Å². The number of ether oxygens (including phenoxy) is 1. The number of amides is 1. The lowest BCUT2D eigenvalue weighted by Crippen LogP contribution is -2.53. The molecule has 118 valence electrons. The van der Waals surface area contributed by atoms with E-state index in [2.05, 4.69) is 0 Å². The molecule has 5 nitrogen and oxygen atoms in total. The summed E-state index contributed by atoms with van der Waals surface area (Å²) in [7, 11) is 0. The second-order valence-electron chi connectivity index (χ2n) is 6.26. The summed E-state index contributed by atoms with van der Waals surface area (Å²) in [5.74, 6) is -0.887. The molecule has 1 aromatic carbocycles. The van der Waals surface area contributed by atoms with Crippen molar-refractivity contribution < 1.29 is 19.4 Å². The fourth-order valence-corrected chi connectivity index (χ4v) is 3.80. The van der Waals surface area contributed by atoms with Crippen LogP contribution in [0.3, 0.4) is 0 Å². The molecule has 1 saturated carbocycles. The Labute approximate surface area is 129 Å². The molecule has 1 N–H and O–H groups in total. The number of carbonyl (C=O) groups excluding carboxylic acids is 1. The Balaban J connectivity index is 1.59. The molecule has 5 heteroatoms. The first-order chi connectivity index (χ1) is 10.6. The van der Waals surface area contributed by atoms with E-state index in [4.69, 9.17) is 4.74 Å². The maximum Gasteiger partial charge on any atom is 0.410 e. The van der Waals surface area contributed by atoms with Crippen LogP contribution < -0.4 is 0 Å². The summed E-state index contributed by atoms with van der Waals surface area (Å²) in [6.07, 6.45) is 2.50. The summed E-state index contributed by atoms with van der Waals surface area (Å²) in [4.78, 5) is 25.3. The van der Waals surface area contributed by atoms with Crippen molar-refractivity contribution in [3.8, 4) is 0 Å². The molecule has 2 aliphatic rings. The van der Waals surface area contributed by atoms with Crippen LogP contribution in [0, 0.1) is 17.8 Å². The lowest BCUT2D eigenvalue weighted by molar-refractivity contribution is -0.150. The lowest BCUT2D eigenvalue weighted by atomic mass is 9.69. The maximum atomic E-state index is 12.2. The van der Waals surface area contributed by atoms with Crippen LogP contribution in [-0.4, -0.2) is 35.2 Å². The number of hydrogen-bond donors (Lipinski definition) is 1. The minimum atomic E-state index is -0.716. The molecule has 1 aromatic rings. The van der Waals surface area contributed by atoms with E-state index in [0.29, 0.717) is 13.1 Å². The van der Waals surface area contributed by atoms with Crippen molar-refractivity contribution in [1.82, 2.24) is 4.90 Å². The summed E-state index contributed by atoms with van der Waals surface area (Å²) >= 11 is 0. The van der Waals surface area contributed by atoms with Crippen molar-refractivity contribution >= 4 is 12.1 Å². The molecule has 1 unspecified atom stereocenters. The number of fused-ring (bicyclic) bond motifs is 2. The molecule has 1 aliphatic heterocycles. The summed E-state index contributed by atoms with van der Waals surface area (Å²) in [5, 5.41) is 9.39. The highest BCUT2D eigenvalue weighted by Gasteiger charge is 2.44. The highest BCUT2D eigenvalue weighted by atomic mass is 16.6. The molecule has 3 atom stereocenters. The van der Waals surface area contributed by atoms with E-state index in [1.807, 2.05) is 30.3 Å². The van der Waals surface area contributed by atoms with Gasteiger partial charge in [-0.05, 0) is 30.2 Å². The molecule has 1 saturated heterocycles. The topological polar surface area (TPSA) is 66.8 Å². The minimum Gasteiger partial charge on any atom is -0.481 e. The van der Waals surface area contributed by atoms with E-state index < -0.39 is 5.97 Å². The number of carboxylic acid groups (broad SMARTS) is 1. The number of benzene rings is 1. The Kier molecular flexibility index (Phi) is 4.32. The Morgan fingerprint density at radius 3 is 2.36 bits per heavy atom. The van der Waals surface area contributed by atoms with Gasteiger partial charge < -0.3 is 14.7 Å². The summed E-state index contributed by atoms with van der Waals surface area (Å²) in [6.45, 7) is 1.26. The fraction of sp³-hybridized carbons (Fsp3) is 0.529. The van der Waals surface area contributed by atoms with E-state index in [-0.39, 0.29) is 30.5 Å². The van der Waals surface area contributed by atoms with Crippen molar-refractivity contribution in [3.63, 3.8) is 0 Å². The lowest BCUT2D eigenvalue weighted by Gasteiger charge is -2.44. The third-order valence-corrected chi connectivity index (χ3v) is 4.82. The van der Waals surface area contributed by atoms with E-state index in [1.54, 1.807) is 4.90 Å². The highest BCUT2D eigenvalue weighted by Crippen LogP contribution is 2.40. The zero-order valence-corrected chi connectivity index (χ0v) is 12.5. The average Bonchev–Trinajstić information content (AvgIpc) is 2.52. The van der Waals surface area contributed by atoms with Crippen LogP contribution in [0.15, 0.2) is 30.3 Å². The second kappa shape index (κ2) is 6.38. The number of rotatable bonds is 3. The SMILES string of the molecule is O=C(O)C1[C@@H]2CCC[C@H]1CN(C(=O)OCc1ccccc1)C2. The molecule has 0 spiro atoms. The van der Waals surface area contributed by atoms with Gasteiger partial charge >= 0.3 is 12.1 Å². The highest BCUT2D eigenvalue weighted by molar-refractivity contribution is 5.73. The Hall–Kier alpha value is -2.04. The molecule has 1 amide bonds. The first kappa shape index (κ1) is 14.9. The Morgan fingerprint density at radius 1 is 1.14 bits per heavy atom. The van der Waals surface area contributed by atoms with E-state index in [1.165, 1.54) is 0 Å². The van der Waals surface area contributed by atoms with Crippen LogP contribution in [0.1, 0.15) is 24.8 Å². The molecule has 2 fully saturated rings. The normalized spacial score (nSPS) is 27.3. The molecule has 0 aromatic heterocycles. The van der Waals surface area contributed by atoms with Crippen LogP contribution in [0.25, 0.3) is 0 Å². The largest absolute Gasteiger partial charge is 0.481 e. The smallest absolute Gasteiger partial charge is 0.410 e. The quantitative estimate of drug-likeness (QED) is 0.932. The molecule has 2 bridgehead atoms. The second-order valence-corrected chi connectivity index (χ2v) is 6.26. The number of hydrogen-bond acceptors (Lipinski definition) is 3. The number of likely N-dealkylation sites (tertiary alicyclic amines) is 1. The number of carboxylic acids is 1. The predicted octanol–water partition coefficient (Wildman–Crippen LogP) is 2.76. The molecule has 1 aliphatic carbocycles. The molecular formula is C17H21NO4. The zero-order valence-electron chi connectivity index (χ0n) is 12.5. The van der Waals surface area contributed by atoms with E-state index in [0.717, 1.165) is 24.8 Å². The average molecular weight is 303 g/mol. The first-order valence-electron chi connectivity index (χ1n) is 7.83. The number of piperidine rings is 1. The molecule has 22 heavy (non-hydrogen) atoms. The molecule has 0 radical (unpaired) electrons. The van der Waals surface area contributed by atoms with Gasteiger partial charge in [0.1, 0.15) is 6.61 Å². The molecule has 1 heterocycles. The minimum absolute atomic E-state index is 0.0641. The first-order valence-corrected chi connectivity index (χ1v) is 7.83. The van der Waals surface area contributed by atoms with E-state index in [9.17, 15) is 14.7 Å². The molecule has 3 rings (SSSR count). The Bertz CT molecular complexity index is 531. The van der Waals surface area contributed by atoms with Crippen molar-refractivity contribution in [3.05, 3.63) is 35.9 Å². The maximum absolute atomic E-state index is 12.2. The molecular weight excluding hydrogens is 282 g/mol. The van der Waals surface area contributed by atoms with Crippen molar-refractivity contribution in [2.45, 2.75) is 25.9 Å². The van der Waals surface area contributed by atoms with Gasteiger partial charge in [-0.1, -0.05) is 36.8 Å². The zero-order chi connectivity index (χ0) is 15.5. The number of aliphatic carboxylic acids is 1. The van der Waals surface area contributed by atoms with Gasteiger partial charge in [-0.25, -0.2) is 4.79 Å². The predicted molar refractivity (Wildman–Crippen MR) is 80.2 cm³/mol. The summed E-state index contributed by atoms with van der Waals surface area (Å²) in [6, 6.07) is 9.57. The van der Waals surface area contributed by atoms with Crippen LogP contribution in [0.2, 0.25) is 0 Å². The summed E-state index contributed by atoms with van der Waals surface area (Å²) in [5.41, 5.74) is 0.955. The number of carbonyl (C=O) groups is 2. The van der Waals surface area contributed by atoms with Crippen LogP contribution >= 0.6 is 0 Å². The van der Waals surface area contributed by atoms with Gasteiger partial charge in [-0.15, -0.1) is 0 Å². The van der Waals surface area contributed by atoms with Gasteiger partial charge in [0.05, 0.1) is 5.92 Å².